The number of nitrogens with two attached hydrogens (primary N) is 1. The minimum absolute atomic E-state index is 0.228. The standard InChI is InChI=1S/C11H22N2O6/c12-4-2-1-3-7(15)13-11-10(18)9(17)8(16)6(5-14)19-11/h6,8-11,14,16-18H,1-5,12H2,(H,13,15)/t6-,8-,9+,10+,11-/m1/s1. The molecular weight excluding hydrogens is 256 g/mol. The highest BCUT2D eigenvalue weighted by atomic mass is 16.6. The number of aliphatic hydroxyl groups excluding tert-OH is 4. The van der Waals surface area contributed by atoms with Crippen LogP contribution in [0.25, 0.3) is 0 Å². The molecule has 1 rings (SSSR count). The Morgan fingerprint density at radius 3 is 2.42 bits per heavy atom. The molecule has 0 radical (unpaired) electrons. The van der Waals surface area contributed by atoms with Crippen molar-refractivity contribution in [3.05, 3.63) is 0 Å². The molecule has 7 N–H and O–H groups in total. The predicted molar refractivity (Wildman–Crippen MR) is 64.8 cm³/mol. The second-order valence-corrected chi connectivity index (χ2v) is 4.56. The lowest BCUT2D eigenvalue weighted by Crippen LogP contribution is -2.63. The average molecular weight is 278 g/mol. The molecule has 1 amide bonds. The van der Waals surface area contributed by atoms with E-state index in [-0.39, 0.29) is 12.3 Å². The largest absolute Gasteiger partial charge is 0.394 e. The Hall–Kier alpha value is -0.770. The van der Waals surface area contributed by atoms with Crippen molar-refractivity contribution in [1.29, 1.82) is 0 Å². The van der Waals surface area contributed by atoms with Crippen molar-refractivity contribution in [2.75, 3.05) is 13.2 Å². The van der Waals surface area contributed by atoms with Crippen LogP contribution < -0.4 is 11.1 Å². The van der Waals surface area contributed by atoms with Crippen molar-refractivity contribution < 1.29 is 30.0 Å². The fourth-order valence-electron chi connectivity index (χ4n) is 1.88. The zero-order valence-corrected chi connectivity index (χ0v) is 10.6. The van der Waals surface area contributed by atoms with Gasteiger partial charge in [-0.1, -0.05) is 0 Å². The molecule has 0 aromatic rings. The average Bonchev–Trinajstić information content (AvgIpc) is 2.39. The molecule has 1 heterocycles. The van der Waals surface area contributed by atoms with Crippen molar-refractivity contribution in [3.63, 3.8) is 0 Å². The molecule has 1 aliphatic heterocycles. The molecular formula is C11H22N2O6. The minimum Gasteiger partial charge on any atom is -0.394 e. The van der Waals surface area contributed by atoms with Gasteiger partial charge in [-0.2, -0.15) is 0 Å². The molecule has 1 aliphatic rings. The number of aliphatic hydroxyl groups is 4. The van der Waals surface area contributed by atoms with E-state index in [0.29, 0.717) is 19.4 Å². The van der Waals surface area contributed by atoms with E-state index in [1.807, 2.05) is 0 Å². The van der Waals surface area contributed by atoms with Gasteiger partial charge in [0.25, 0.3) is 0 Å². The molecule has 1 fully saturated rings. The molecule has 19 heavy (non-hydrogen) atoms. The molecule has 0 spiro atoms. The van der Waals surface area contributed by atoms with Crippen molar-refractivity contribution >= 4 is 5.91 Å². The van der Waals surface area contributed by atoms with Gasteiger partial charge in [-0.3, -0.25) is 4.79 Å². The monoisotopic (exact) mass is 278 g/mol. The van der Waals surface area contributed by atoms with E-state index < -0.39 is 37.3 Å². The lowest BCUT2D eigenvalue weighted by atomic mass is 9.98. The number of ether oxygens (including phenoxy) is 1. The number of amides is 1. The van der Waals surface area contributed by atoms with Gasteiger partial charge in [0.2, 0.25) is 5.91 Å². The predicted octanol–water partition coefficient (Wildman–Crippen LogP) is -2.97. The van der Waals surface area contributed by atoms with Gasteiger partial charge >= 0.3 is 0 Å². The van der Waals surface area contributed by atoms with Crippen LogP contribution in [-0.4, -0.2) is 70.1 Å². The minimum atomic E-state index is -1.49. The Morgan fingerprint density at radius 2 is 1.84 bits per heavy atom. The summed E-state index contributed by atoms with van der Waals surface area (Å²) in [7, 11) is 0. The zero-order valence-electron chi connectivity index (χ0n) is 10.6. The number of carbonyl (C=O) groups excluding carboxylic acids is 1. The van der Waals surface area contributed by atoms with Crippen LogP contribution in [0, 0.1) is 0 Å². The van der Waals surface area contributed by atoms with E-state index in [9.17, 15) is 20.1 Å². The fraction of sp³-hybridized carbons (Fsp3) is 0.909. The zero-order chi connectivity index (χ0) is 14.4. The quantitative estimate of drug-likeness (QED) is 0.284. The molecule has 8 heteroatoms. The Morgan fingerprint density at radius 1 is 1.16 bits per heavy atom. The van der Waals surface area contributed by atoms with Crippen LogP contribution in [0.1, 0.15) is 19.3 Å². The first kappa shape index (κ1) is 16.3. The summed E-state index contributed by atoms with van der Waals surface area (Å²) in [6.45, 7) is -0.0299. The van der Waals surface area contributed by atoms with E-state index in [4.69, 9.17) is 15.6 Å². The highest BCUT2D eigenvalue weighted by Gasteiger charge is 2.43. The van der Waals surface area contributed by atoms with Crippen LogP contribution in [0.15, 0.2) is 0 Å². The summed E-state index contributed by atoms with van der Waals surface area (Å²) in [5.41, 5.74) is 5.31. The molecule has 1 saturated heterocycles. The number of carbonyl (C=O) groups is 1. The first-order valence-electron chi connectivity index (χ1n) is 6.31. The molecule has 0 saturated carbocycles. The van der Waals surface area contributed by atoms with Crippen LogP contribution in [0.5, 0.6) is 0 Å². The van der Waals surface area contributed by atoms with Crippen molar-refractivity contribution in [3.8, 4) is 0 Å². The smallest absolute Gasteiger partial charge is 0.222 e. The summed E-state index contributed by atoms with van der Waals surface area (Å²) < 4.78 is 5.14. The van der Waals surface area contributed by atoms with E-state index in [1.165, 1.54) is 0 Å². The van der Waals surface area contributed by atoms with E-state index in [1.54, 1.807) is 0 Å². The van der Waals surface area contributed by atoms with Crippen LogP contribution >= 0.6 is 0 Å². The Bertz CT molecular complexity index is 288. The fourth-order valence-corrected chi connectivity index (χ4v) is 1.88. The van der Waals surface area contributed by atoms with E-state index in [0.717, 1.165) is 0 Å². The van der Waals surface area contributed by atoms with Crippen LogP contribution in [0.3, 0.4) is 0 Å². The third-order valence-electron chi connectivity index (χ3n) is 3.05. The lowest BCUT2D eigenvalue weighted by Gasteiger charge is -2.40. The normalized spacial score (nSPS) is 35.1. The summed E-state index contributed by atoms with van der Waals surface area (Å²) >= 11 is 0. The van der Waals surface area contributed by atoms with Crippen LogP contribution in [0.4, 0.5) is 0 Å². The van der Waals surface area contributed by atoms with Gasteiger partial charge in [0.15, 0.2) is 6.23 Å². The van der Waals surface area contributed by atoms with Gasteiger partial charge in [0.1, 0.15) is 24.4 Å². The third kappa shape index (κ3) is 4.37. The maximum absolute atomic E-state index is 11.6. The molecule has 112 valence electrons. The highest BCUT2D eigenvalue weighted by molar-refractivity contribution is 5.76. The van der Waals surface area contributed by atoms with E-state index >= 15 is 0 Å². The SMILES string of the molecule is NCCCCC(=O)N[C@@H]1O[C@H](CO)[C@@H](O)[C@H](O)[C@@H]1O. The van der Waals surface area contributed by atoms with Gasteiger partial charge in [0, 0.05) is 6.42 Å². The van der Waals surface area contributed by atoms with Crippen LogP contribution in [0.2, 0.25) is 0 Å². The summed E-state index contributed by atoms with van der Waals surface area (Å²) in [6, 6.07) is 0. The van der Waals surface area contributed by atoms with Gasteiger partial charge in [-0.15, -0.1) is 0 Å². The van der Waals surface area contributed by atoms with E-state index in [2.05, 4.69) is 5.32 Å². The molecule has 0 aromatic heterocycles. The first-order valence-corrected chi connectivity index (χ1v) is 6.31. The maximum Gasteiger partial charge on any atom is 0.222 e. The van der Waals surface area contributed by atoms with Gasteiger partial charge in [0.05, 0.1) is 6.61 Å². The molecule has 0 unspecified atom stereocenters. The number of hydrogen-bond donors (Lipinski definition) is 6. The second-order valence-electron chi connectivity index (χ2n) is 4.56. The Labute approximate surface area is 111 Å². The summed E-state index contributed by atoms with van der Waals surface area (Å²) in [6.07, 6.45) is -4.98. The number of nitrogens with one attached hydrogen (secondary N) is 1. The van der Waals surface area contributed by atoms with Gasteiger partial charge in [-0.05, 0) is 19.4 Å². The number of rotatable bonds is 6. The van der Waals surface area contributed by atoms with Crippen molar-refractivity contribution in [1.82, 2.24) is 5.32 Å². The Balaban J connectivity index is 2.49. The highest BCUT2D eigenvalue weighted by Crippen LogP contribution is 2.19. The third-order valence-corrected chi connectivity index (χ3v) is 3.05. The summed E-state index contributed by atoms with van der Waals surface area (Å²) in [5.74, 6) is -0.349. The molecule has 5 atom stereocenters. The van der Waals surface area contributed by atoms with Crippen molar-refractivity contribution in [2.45, 2.75) is 49.9 Å². The van der Waals surface area contributed by atoms with Crippen LogP contribution in [-0.2, 0) is 9.53 Å². The molecule has 0 aliphatic carbocycles. The van der Waals surface area contributed by atoms with Crippen molar-refractivity contribution in [2.24, 2.45) is 5.73 Å². The number of hydrogen-bond acceptors (Lipinski definition) is 7. The summed E-state index contributed by atoms with van der Waals surface area (Å²) in [4.78, 5) is 11.6. The Kier molecular flexibility index (Phi) is 6.63. The topological polar surface area (TPSA) is 145 Å². The van der Waals surface area contributed by atoms with Gasteiger partial charge < -0.3 is 36.2 Å². The second kappa shape index (κ2) is 7.73. The van der Waals surface area contributed by atoms with Gasteiger partial charge in [-0.25, -0.2) is 0 Å². The first-order chi connectivity index (χ1) is 9.01. The molecule has 8 nitrogen and oxygen atoms in total. The lowest BCUT2D eigenvalue weighted by molar-refractivity contribution is -0.236. The molecule has 0 aromatic carbocycles. The molecule has 0 bridgehead atoms. The summed E-state index contributed by atoms with van der Waals surface area (Å²) in [5, 5.41) is 40.2. The maximum atomic E-state index is 11.6. The number of unbranched alkanes of at least 4 members (excludes halogenated alkanes) is 1.